The van der Waals surface area contributed by atoms with E-state index >= 15 is 0 Å². The second kappa shape index (κ2) is 4.63. The SMILES string of the molecule is Cc1cn(Cc2cc(N)ccc2Cl)c2ccccc12. The molecule has 0 atom stereocenters. The first-order valence-corrected chi connectivity index (χ1v) is 6.61. The third kappa shape index (κ3) is 2.20. The molecule has 0 radical (unpaired) electrons. The highest BCUT2D eigenvalue weighted by Gasteiger charge is 2.07. The van der Waals surface area contributed by atoms with Crippen LogP contribution in [0.25, 0.3) is 10.9 Å². The predicted molar refractivity (Wildman–Crippen MR) is 81.6 cm³/mol. The average molecular weight is 271 g/mol. The number of nitrogens with zero attached hydrogens (tertiary/aromatic N) is 1. The number of benzene rings is 2. The summed E-state index contributed by atoms with van der Waals surface area (Å²) in [5, 5.41) is 2.03. The molecule has 3 rings (SSSR count). The Balaban J connectivity index is 2.08. The molecule has 1 heterocycles. The van der Waals surface area contributed by atoms with Gasteiger partial charge in [-0.1, -0.05) is 29.8 Å². The maximum absolute atomic E-state index is 6.24. The molecule has 2 aromatic carbocycles. The smallest absolute Gasteiger partial charge is 0.0491 e. The van der Waals surface area contributed by atoms with E-state index in [4.69, 9.17) is 17.3 Å². The molecule has 0 amide bonds. The molecular formula is C16H15ClN2. The molecule has 0 saturated carbocycles. The summed E-state index contributed by atoms with van der Waals surface area (Å²) in [6, 6.07) is 14.0. The minimum atomic E-state index is 0.734. The molecule has 3 heteroatoms. The molecule has 0 aliphatic heterocycles. The molecule has 0 spiro atoms. The van der Waals surface area contributed by atoms with Crippen LogP contribution in [0.5, 0.6) is 0 Å². The van der Waals surface area contributed by atoms with Crippen LogP contribution in [0.2, 0.25) is 5.02 Å². The van der Waals surface area contributed by atoms with Gasteiger partial charge < -0.3 is 10.3 Å². The van der Waals surface area contributed by atoms with Crippen LogP contribution in [0, 0.1) is 6.92 Å². The Morgan fingerprint density at radius 1 is 1.16 bits per heavy atom. The van der Waals surface area contributed by atoms with Crippen LogP contribution in [0.15, 0.2) is 48.7 Å². The number of anilines is 1. The van der Waals surface area contributed by atoms with Crippen molar-refractivity contribution >= 4 is 28.2 Å². The standard InChI is InChI=1S/C16H15ClN2/c1-11-9-19(16-5-3-2-4-14(11)16)10-12-8-13(18)6-7-15(12)17/h2-9H,10,18H2,1H3. The first-order chi connectivity index (χ1) is 9.15. The van der Waals surface area contributed by atoms with Crippen molar-refractivity contribution in [2.45, 2.75) is 13.5 Å². The molecule has 2 N–H and O–H groups in total. The van der Waals surface area contributed by atoms with Crippen molar-refractivity contribution in [1.82, 2.24) is 4.57 Å². The average Bonchev–Trinajstić information content (AvgIpc) is 2.72. The molecule has 1 aromatic heterocycles. The largest absolute Gasteiger partial charge is 0.399 e. The number of nitrogen functional groups attached to an aromatic ring is 1. The van der Waals surface area contributed by atoms with Gasteiger partial charge in [0.1, 0.15) is 0 Å². The summed E-state index contributed by atoms with van der Waals surface area (Å²) in [5.74, 6) is 0. The van der Waals surface area contributed by atoms with Crippen molar-refractivity contribution in [3.8, 4) is 0 Å². The van der Waals surface area contributed by atoms with Gasteiger partial charge in [-0.3, -0.25) is 0 Å². The van der Waals surface area contributed by atoms with E-state index in [1.54, 1.807) is 0 Å². The van der Waals surface area contributed by atoms with Crippen LogP contribution in [-0.4, -0.2) is 4.57 Å². The first-order valence-electron chi connectivity index (χ1n) is 6.23. The van der Waals surface area contributed by atoms with Gasteiger partial charge in [-0.15, -0.1) is 0 Å². The van der Waals surface area contributed by atoms with Gasteiger partial charge in [0.15, 0.2) is 0 Å². The van der Waals surface area contributed by atoms with Crippen LogP contribution in [0.4, 0.5) is 5.69 Å². The minimum Gasteiger partial charge on any atom is -0.399 e. The van der Waals surface area contributed by atoms with Crippen molar-refractivity contribution in [3.63, 3.8) is 0 Å². The summed E-state index contributed by atoms with van der Waals surface area (Å²) in [6.45, 7) is 2.86. The Labute approximate surface area is 117 Å². The summed E-state index contributed by atoms with van der Waals surface area (Å²) in [7, 11) is 0. The Bertz CT molecular complexity index is 744. The third-order valence-corrected chi connectivity index (χ3v) is 3.77. The highest BCUT2D eigenvalue weighted by molar-refractivity contribution is 6.31. The predicted octanol–water partition coefficient (Wildman–Crippen LogP) is 4.23. The van der Waals surface area contributed by atoms with Crippen LogP contribution in [-0.2, 0) is 6.54 Å². The zero-order valence-electron chi connectivity index (χ0n) is 10.7. The van der Waals surface area contributed by atoms with Crippen molar-refractivity contribution in [1.29, 1.82) is 0 Å². The van der Waals surface area contributed by atoms with Crippen LogP contribution in [0.3, 0.4) is 0 Å². The summed E-state index contributed by atoms with van der Waals surface area (Å²) in [5.41, 5.74) is 10.1. The topological polar surface area (TPSA) is 30.9 Å². The Kier molecular flexibility index (Phi) is 2.96. The summed E-state index contributed by atoms with van der Waals surface area (Å²) in [6.07, 6.45) is 2.16. The summed E-state index contributed by atoms with van der Waals surface area (Å²) < 4.78 is 2.21. The Morgan fingerprint density at radius 2 is 1.95 bits per heavy atom. The fourth-order valence-corrected chi connectivity index (χ4v) is 2.64. The van der Waals surface area contributed by atoms with Gasteiger partial charge in [0, 0.05) is 34.4 Å². The maximum Gasteiger partial charge on any atom is 0.0491 e. The van der Waals surface area contributed by atoms with Crippen molar-refractivity contribution < 1.29 is 0 Å². The summed E-state index contributed by atoms with van der Waals surface area (Å²) in [4.78, 5) is 0. The fraction of sp³-hybridized carbons (Fsp3) is 0.125. The lowest BCUT2D eigenvalue weighted by Gasteiger charge is -2.08. The monoisotopic (exact) mass is 270 g/mol. The molecular weight excluding hydrogens is 256 g/mol. The molecule has 19 heavy (non-hydrogen) atoms. The minimum absolute atomic E-state index is 0.734. The number of nitrogens with two attached hydrogens (primary N) is 1. The van der Waals surface area contributed by atoms with E-state index < -0.39 is 0 Å². The number of hydrogen-bond acceptors (Lipinski definition) is 1. The molecule has 0 bridgehead atoms. The van der Waals surface area contributed by atoms with Gasteiger partial charge in [0.25, 0.3) is 0 Å². The van der Waals surface area contributed by atoms with E-state index in [2.05, 4.69) is 42.0 Å². The Morgan fingerprint density at radius 3 is 2.79 bits per heavy atom. The van der Waals surface area contributed by atoms with E-state index in [-0.39, 0.29) is 0 Å². The molecule has 0 saturated heterocycles. The number of halogens is 1. The highest BCUT2D eigenvalue weighted by Crippen LogP contribution is 2.25. The lowest BCUT2D eigenvalue weighted by Crippen LogP contribution is -1.99. The van der Waals surface area contributed by atoms with E-state index in [0.717, 1.165) is 22.8 Å². The number of fused-ring (bicyclic) bond motifs is 1. The summed E-state index contributed by atoms with van der Waals surface area (Å²) >= 11 is 6.24. The van der Waals surface area contributed by atoms with Crippen LogP contribution in [0.1, 0.15) is 11.1 Å². The lowest BCUT2D eigenvalue weighted by atomic mass is 10.2. The van der Waals surface area contributed by atoms with E-state index in [1.165, 1.54) is 16.5 Å². The van der Waals surface area contributed by atoms with Gasteiger partial charge in [-0.05, 0) is 42.3 Å². The third-order valence-electron chi connectivity index (χ3n) is 3.40. The maximum atomic E-state index is 6.24. The van der Waals surface area contributed by atoms with Gasteiger partial charge >= 0.3 is 0 Å². The van der Waals surface area contributed by atoms with Gasteiger partial charge in [0.2, 0.25) is 0 Å². The number of aromatic nitrogens is 1. The fourth-order valence-electron chi connectivity index (χ4n) is 2.46. The first kappa shape index (κ1) is 12.1. The molecule has 0 aliphatic carbocycles. The molecule has 2 nitrogen and oxygen atoms in total. The Hall–Kier alpha value is -1.93. The second-order valence-electron chi connectivity index (χ2n) is 4.81. The number of hydrogen-bond donors (Lipinski definition) is 1. The van der Waals surface area contributed by atoms with E-state index in [0.29, 0.717) is 0 Å². The number of aryl methyl sites for hydroxylation is 1. The molecule has 3 aromatic rings. The number of para-hydroxylation sites is 1. The lowest BCUT2D eigenvalue weighted by molar-refractivity contribution is 0.835. The van der Waals surface area contributed by atoms with E-state index in [1.807, 2.05) is 18.2 Å². The van der Waals surface area contributed by atoms with Gasteiger partial charge in [0.05, 0.1) is 0 Å². The number of rotatable bonds is 2. The molecule has 0 fully saturated rings. The zero-order valence-corrected chi connectivity index (χ0v) is 11.5. The molecule has 0 aliphatic rings. The van der Waals surface area contributed by atoms with Crippen molar-refractivity contribution in [2.24, 2.45) is 0 Å². The van der Waals surface area contributed by atoms with Crippen molar-refractivity contribution in [3.05, 3.63) is 64.8 Å². The molecule has 0 unspecified atom stereocenters. The molecule has 96 valence electrons. The van der Waals surface area contributed by atoms with Crippen LogP contribution >= 0.6 is 11.6 Å². The second-order valence-corrected chi connectivity index (χ2v) is 5.22. The quantitative estimate of drug-likeness (QED) is 0.694. The highest BCUT2D eigenvalue weighted by atomic mass is 35.5. The van der Waals surface area contributed by atoms with Crippen molar-refractivity contribution in [2.75, 3.05) is 5.73 Å². The zero-order chi connectivity index (χ0) is 13.4. The van der Waals surface area contributed by atoms with Gasteiger partial charge in [-0.25, -0.2) is 0 Å². The normalized spacial score (nSPS) is 11.1. The van der Waals surface area contributed by atoms with Gasteiger partial charge in [-0.2, -0.15) is 0 Å². The van der Waals surface area contributed by atoms with Crippen LogP contribution < -0.4 is 5.73 Å². The van der Waals surface area contributed by atoms with E-state index in [9.17, 15) is 0 Å².